The quantitative estimate of drug-likeness (QED) is 0.473. The molecule has 1 fully saturated rings. The van der Waals surface area contributed by atoms with Crippen LogP contribution < -0.4 is 10.3 Å². The third-order valence-corrected chi connectivity index (χ3v) is 6.42. The van der Waals surface area contributed by atoms with Gasteiger partial charge in [0.25, 0.3) is 5.56 Å². The van der Waals surface area contributed by atoms with Gasteiger partial charge >= 0.3 is 0 Å². The minimum atomic E-state index is -0.999. The van der Waals surface area contributed by atoms with E-state index in [1.807, 2.05) is 24.3 Å². The zero-order chi connectivity index (χ0) is 23.7. The maximum absolute atomic E-state index is 13.1. The van der Waals surface area contributed by atoms with Crippen molar-refractivity contribution in [1.82, 2.24) is 24.2 Å². The number of fused-ring (bicyclic) bond motifs is 1. The van der Waals surface area contributed by atoms with Gasteiger partial charge in [-0.25, -0.2) is 14.1 Å². The van der Waals surface area contributed by atoms with Crippen LogP contribution in [0.3, 0.4) is 0 Å². The molecule has 1 N–H and O–H groups in total. The van der Waals surface area contributed by atoms with Crippen molar-refractivity contribution in [2.24, 2.45) is 0 Å². The molecule has 34 heavy (non-hydrogen) atoms. The summed E-state index contributed by atoms with van der Waals surface area (Å²) >= 11 is 0. The fourth-order valence-electron chi connectivity index (χ4n) is 4.44. The lowest BCUT2D eigenvalue weighted by Gasteiger charge is -2.38. The molecule has 176 valence electrons. The lowest BCUT2D eigenvalue weighted by atomic mass is 9.91. The van der Waals surface area contributed by atoms with Gasteiger partial charge < -0.3 is 9.84 Å². The molecule has 0 saturated carbocycles. The van der Waals surface area contributed by atoms with Crippen LogP contribution in [0, 0.1) is 5.82 Å². The molecule has 1 aliphatic rings. The normalized spacial score (nSPS) is 16.1. The second-order valence-corrected chi connectivity index (χ2v) is 8.80. The molecule has 0 radical (unpaired) electrons. The summed E-state index contributed by atoms with van der Waals surface area (Å²) in [5, 5.41) is 15.9. The minimum absolute atomic E-state index is 0.170. The van der Waals surface area contributed by atoms with Crippen molar-refractivity contribution < 1.29 is 14.2 Å². The summed E-state index contributed by atoms with van der Waals surface area (Å²) in [6, 6.07) is 13.8. The third kappa shape index (κ3) is 4.44. The first-order chi connectivity index (χ1) is 16.4. The van der Waals surface area contributed by atoms with Gasteiger partial charge in [-0.1, -0.05) is 18.2 Å². The van der Waals surface area contributed by atoms with Crippen LogP contribution in [0.25, 0.3) is 16.7 Å². The molecule has 0 atom stereocenters. The Morgan fingerprint density at radius 2 is 1.91 bits per heavy atom. The van der Waals surface area contributed by atoms with Crippen LogP contribution >= 0.6 is 0 Å². The molecular formula is C25H26FN5O3. The molecule has 0 aliphatic carbocycles. The van der Waals surface area contributed by atoms with E-state index in [1.54, 1.807) is 23.9 Å². The number of rotatable bonds is 6. The first-order valence-corrected chi connectivity index (χ1v) is 11.2. The lowest BCUT2D eigenvalue weighted by molar-refractivity contribution is -0.0364. The van der Waals surface area contributed by atoms with Gasteiger partial charge in [0.1, 0.15) is 23.3 Å². The fourth-order valence-corrected chi connectivity index (χ4v) is 4.44. The summed E-state index contributed by atoms with van der Waals surface area (Å²) in [5.74, 6) is 0.435. The Morgan fingerprint density at radius 3 is 2.65 bits per heavy atom. The number of piperidine rings is 1. The average molecular weight is 464 g/mol. The number of methoxy groups -OCH3 is 1. The van der Waals surface area contributed by atoms with E-state index in [0.717, 1.165) is 11.3 Å². The van der Waals surface area contributed by atoms with Gasteiger partial charge in [-0.3, -0.25) is 14.3 Å². The van der Waals surface area contributed by atoms with Gasteiger partial charge in [0.05, 0.1) is 31.1 Å². The number of nitrogens with zero attached hydrogens (tertiary/aromatic N) is 5. The molecular weight excluding hydrogens is 437 g/mol. The average Bonchev–Trinajstić information content (AvgIpc) is 3.29. The summed E-state index contributed by atoms with van der Waals surface area (Å²) in [4.78, 5) is 19.8. The highest BCUT2D eigenvalue weighted by Crippen LogP contribution is 2.25. The van der Waals surface area contributed by atoms with Gasteiger partial charge in [0, 0.05) is 25.7 Å². The maximum Gasteiger partial charge on any atom is 0.264 e. The van der Waals surface area contributed by atoms with Crippen molar-refractivity contribution in [3.05, 3.63) is 82.8 Å². The second-order valence-electron chi connectivity index (χ2n) is 8.80. The summed E-state index contributed by atoms with van der Waals surface area (Å²) in [6.07, 6.45) is 4.05. The van der Waals surface area contributed by atoms with Crippen molar-refractivity contribution >= 4 is 11.0 Å². The first-order valence-electron chi connectivity index (χ1n) is 11.2. The smallest absolute Gasteiger partial charge is 0.264 e. The largest absolute Gasteiger partial charge is 0.497 e. The van der Waals surface area contributed by atoms with Gasteiger partial charge in [-0.05, 0) is 42.7 Å². The number of hydrogen-bond acceptors (Lipinski definition) is 6. The van der Waals surface area contributed by atoms with Crippen molar-refractivity contribution in [3.63, 3.8) is 0 Å². The minimum Gasteiger partial charge on any atom is -0.497 e. The third-order valence-electron chi connectivity index (χ3n) is 6.42. The standard InChI is InChI=1S/C25H26FN5O3/c1-34-21-4-2-3-20(13-21)31-23-22(14-28-31)24(32)30(17-27-23)16-25(33)9-11-29(12-10-25)15-18-5-7-19(26)8-6-18/h2-8,13-14,17,33H,9-12,15-16H2,1H3. The Hall–Kier alpha value is -3.56. The maximum atomic E-state index is 13.1. The monoisotopic (exact) mass is 463 g/mol. The molecule has 1 aliphatic heterocycles. The Kier molecular flexibility index (Phi) is 5.89. The van der Waals surface area contributed by atoms with Gasteiger partial charge in [0.15, 0.2) is 5.65 Å². The Balaban J connectivity index is 1.30. The first kappa shape index (κ1) is 22.2. The summed E-state index contributed by atoms with van der Waals surface area (Å²) in [5.41, 5.74) is 0.996. The molecule has 8 nitrogen and oxygen atoms in total. The van der Waals surface area contributed by atoms with Crippen molar-refractivity contribution in [2.45, 2.75) is 31.5 Å². The summed E-state index contributed by atoms with van der Waals surface area (Å²) in [7, 11) is 1.59. The second kappa shape index (κ2) is 9.00. The predicted octanol–water partition coefficient (Wildman–Crippen LogP) is 2.76. The lowest BCUT2D eigenvalue weighted by Crippen LogP contribution is -2.47. The summed E-state index contributed by atoms with van der Waals surface area (Å²) < 4.78 is 21.5. The van der Waals surface area contributed by atoms with E-state index in [2.05, 4.69) is 15.0 Å². The Labute approximate surface area is 195 Å². The van der Waals surface area contributed by atoms with Crippen molar-refractivity contribution in [3.8, 4) is 11.4 Å². The van der Waals surface area contributed by atoms with Crippen LogP contribution in [0.1, 0.15) is 18.4 Å². The van der Waals surface area contributed by atoms with E-state index < -0.39 is 5.60 Å². The molecule has 2 aromatic carbocycles. The molecule has 0 spiro atoms. The predicted molar refractivity (Wildman–Crippen MR) is 126 cm³/mol. The number of ether oxygens (including phenoxy) is 1. The van der Waals surface area contributed by atoms with Crippen molar-refractivity contribution in [1.29, 1.82) is 0 Å². The zero-order valence-corrected chi connectivity index (χ0v) is 18.9. The van der Waals surface area contributed by atoms with E-state index in [-0.39, 0.29) is 17.9 Å². The summed E-state index contributed by atoms with van der Waals surface area (Å²) in [6.45, 7) is 2.24. The van der Waals surface area contributed by atoms with E-state index in [1.165, 1.54) is 29.2 Å². The highest BCUT2D eigenvalue weighted by molar-refractivity contribution is 5.75. The number of halogens is 1. The molecule has 3 heterocycles. The molecule has 5 rings (SSSR count). The molecule has 2 aromatic heterocycles. The van der Waals surface area contributed by atoms with E-state index in [9.17, 15) is 14.3 Å². The topological polar surface area (TPSA) is 85.4 Å². The van der Waals surface area contributed by atoms with Crippen LogP contribution in [-0.2, 0) is 13.1 Å². The van der Waals surface area contributed by atoms with Crippen LogP contribution in [0.4, 0.5) is 4.39 Å². The number of likely N-dealkylation sites (tertiary alicyclic amines) is 1. The molecule has 0 unspecified atom stereocenters. The number of benzene rings is 2. The molecule has 4 aromatic rings. The van der Waals surface area contributed by atoms with E-state index in [0.29, 0.717) is 49.3 Å². The van der Waals surface area contributed by atoms with Crippen LogP contribution in [-0.4, -0.2) is 55.1 Å². The van der Waals surface area contributed by atoms with Gasteiger partial charge in [0.2, 0.25) is 0 Å². The van der Waals surface area contributed by atoms with Crippen LogP contribution in [0.5, 0.6) is 5.75 Å². The number of hydrogen-bond donors (Lipinski definition) is 1. The SMILES string of the molecule is COc1cccc(-n2ncc3c(=O)n(CC4(O)CCN(Cc5ccc(F)cc5)CC4)cnc32)c1. The fraction of sp³-hybridized carbons (Fsp3) is 0.320. The van der Waals surface area contributed by atoms with Gasteiger partial charge in [-0.2, -0.15) is 5.10 Å². The zero-order valence-electron chi connectivity index (χ0n) is 18.9. The Morgan fingerprint density at radius 1 is 1.15 bits per heavy atom. The highest BCUT2D eigenvalue weighted by Gasteiger charge is 2.33. The van der Waals surface area contributed by atoms with E-state index >= 15 is 0 Å². The molecule has 1 saturated heterocycles. The number of aromatic nitrogens is 4. The highest BCUT2D eigenvalue weighted by atomic mass is 19.1. The van der Waals surface area contributed by atoms with Crippen molar-refractivity contribution in [2.75, 3.05) is 20.2 Å². The van der Waals surface area contributed by atoms with Crippen LogP contribution in [0.2, 0.25) is 0 Å². The van der Waals surface area contributed by atoms with Crippen LogP contribution in [0.15, 0.2) is 65.8 Å². The molecule has 0 amide bonds. The molecule has 0 bridgehead atoms. The van der Waals surface area contributed by atoms with Gasteiger partial charge in [-0.15, -0.1) is 0 Å². The Bertz CT molecular complexity index is 1360. The number of aliphatic hydroxyl groups is 1. The molecule has 9 heteroatoms. The van der Waals surface area contributed by atoms with E-state index in [4.69, 9.17) is 4.74 Å².